The Morgan fingerprint density at radius 2 is 2.06 bits per heavy atom. The van der Waals surface area contributed by atoms with E-state index in [1.807, 2.05) is 6.92 Å². The number of Topliss-reactive ketones (excluding diaryl/α,β-unsaturated/α-hetero) is 1. The van der Waals surface area contributed by atoms with Gasteiger partial charge in [0.2, 0.25) is 11.9 Å². The molecule has 0 aliphatic heterocycles. The third-order valence-electron chi connectivity index (χ3n) is 2.44. The SMILES string of the molecule is CCc1cccc(C(=O)C(O)C(=O)O)c1C=O. The number of carboxylic acids is 1. The van der Waals surface area contributed by atoms with Crippen LogP contribution in [0.3, 0.4) is 0 Å². The highest BCUT2D eigenvalue weighted by Gasteiger charge is 2.26. The number of aliphatic hydroxyl groups is 1. The number of carboxylic acid groups (broad SMARTS) is 1. The molecule has 1 unspecified atom stereocenters. The van der Waals surface area contributed by atoms with E-state index in [2.05, 4.69) is 0 Å². The smallest absolute Gasteiger partial charge is 0.340 e. The lowest BCUT2D eigenvalue weighted by atomic mass is 9.95. The Morgan fingerprint density at radius 3 is 2.53 bits per heavy atom. The Kier molecular flexibility index (Phi) is 4.12. The maximum atomic E-state index is 11.6. The molecule has 1 aromatic rings. The highest BCUT2D eigenvalue weighted by Crippen LogP contribution is 2.15. The molecule has 0 aromatic heterocycles. The van der Waals surface area contributed by atoms with Gasteiger partial charge in [-0.25, -0.2) is 4.79 Å². The van der Waals surface area contributed by atoms with Crippen LogP contribution in [0, 0.1) is 0 Å². The molecule has 90 valence electrons. The number of aldehydes is 1. The number of carbonyl (C=O) groups excluding carboxylic acids is 2. The summed E-state index contributed by atoms with van der Waals surface area (Å²) in [4.78, 5) is 33.1. The summed E-state index contributed by atoms with van der Waals surface area (Å²) in [5.41, 5.74) is 0.720. The highest BCUT2D eigenvalue weighted by atomic mass is 16.4. The van der Waals surface area contributed by atoms with E-state index in [-0.39, 0.29) is 11.1 Å². The first-order valence-electron chi connectivity index (χ1n) is 5.05. The lowest BCUT2D eigenvalue weighted by molar-refractivity contribution is -0.143. The molecule has 0 saturated carbocycles. The highest BCUT2D eigenvalue weighted by molar-refractivity contribution is 6.13. The fourth-order valence-corrected chi connectivity index (χ4v) is 1.53. The molecule has 1 rings (SSSR count). The maximum Gasteiger partial charge on any atom is 0.340 e. The predicted molar refractivity (Wildman–Crippen MR) is 59.2 cm³/mol. The van der Waals surface area contributed by atoms with Crippen molar-refractivity contribution in [1.82, 2.24) is 0 Å². The molecule has 0 aliphatic rings. The molecule has 0 amide bonds. The number of ketones is 1. The first-order chi connectivity index (χ1) is 8.02. The Morgan fingerprint density at radius 1 is 1.41 bits per heavy atom. The molecule has 0 heterocycles. The number of aliphatic carboxylic acids is 1. The van der Waals surface area contributed by atoms with Crippen molar-refractivity contribution in [1.29, 1.82) is 0 Å². The number of hydrogen-bond donors (Lipinski definition) is 2. The number of rotatable bonds is 5. The molecule has 0 radical (unpaired) electrons. The van der Waals surface area contributed by atoms with E-state index < -0.39 is 17.9 Å². The first-order valence-corrected chi connectivity index (χ1v) is 5.05. The van der Waals surface area contributed by atoms with Crippen molar-refractivity contribution in [2.24, 2.45) is 0 Å². The van der Waals surface area contributed by atoms with Crippen molar-refractivity contribution in [3.05, 3.63) is 34.9 Å². The molecule has 1 atom stereocenters. The number of benzene rings is 1. The molecule has 0 fully saturated rings. The fourth-order valence-electron chi connectivity index (χ4n) is 1.53. The Balaban J connectivity index is 3.27. The third-order valence-corrected chi connectivity index (χ3v) is 2.44. The molecule has 5 heteroatoms. The lowest BCUT2D eigenvalue weighted by Crippen LogP contribution is -2.30. The van der Waals surface area contributed by atoms with Gasteiger partial charge in [-0.1, -0.05) is 25.1 Å². The van der Waals surface area contributed by atoms with E-state index in [1.54, 1.807) is 12.1 Å². The van der Waals surface area contributed by atoms with Crippen molar-refractivity contribution in [3.8, 4) is 0 Å². The molecule has 0 aliphatic carbocycles. The van der Waals surface area contributed by atoms with Gasteiger partial charge in [0.1, 0.15) is 0 Å². The third kappa shape index (κ3) is 2.57. The zero-order valence-corrected chi connectivity index (χ0v) is 9.21. The molecule has 0 saturated heterocycles. The van der Waals surface area contributed by atoms with Crippen LogP contribution in [-0.4, -0.2) is 34.4 Å². The van der Waals surface area contributed by atoms with E-state index in [9.17, 15) is 14.4 Å². The van der Waals surface area contributed by atoms with Crippen LogP contribution in [0.2, 0.25) is 0 Å². The first kappa shape index (κ1) is 13.1. The van der Waals surface area contributed by atoms with Gasteiger partial charge in [0, 0.05) is 11.1 Å². The molecule has 1 aromatic carbocycles. The molecule has 0 bridgehead atoms. The van der Waals surface area contributed by atoms with Crippen molar-refractivity contribution < 1.29 is 24.6 Å². The number of carbonyl (C=O) groups is 3. The van der Waals surface area contributed by atoms with Gasteiger partial charge in [0.25, 0.3) is 0 Å². The summed E-state index contributed by atoms with van der Waals surface area (Å²) in [6.07, 6.45) is -1.10. The summed E-state index contributed by atoms with van der Waals surface area (Å²) in [6, 6.07) is 4.55. The van der Waals surface area contributed by atoms with Gasteiger partial charge in [0.05, 0.1) is 0 Å². The van der Waals surface area contributed by atoms with Gasteiger partial charge in [-0.3, -0.25) is 9.59 Å². The van der Waals surface area contributed by atoms with Crippen LogP contribution in [0.5, 0.6) is 0 Å². The van der Waals surface area contributed by atoms with E-state index in [4.69, 9.17) is 10.2 Å². The van der Waals surface area contributed by atoms with Gasteiger partial charge in [-0.2, -0.15) is 0 Å². The number of aliphatic hydroxyl groups excluding tert-OH is 1. The zero-order chi connectivity index (χ0) is 13.0. The lowest BCUT2D eigenvalue weighted by Gasteiger charge is -2.09. The van der Waals surface area contributed by atoms with Crippen LogP contribution in [-0.2, 0) is 11.2 Å². The van der Waals surface area contributed by atoms with E-state index in [0.29, 0.717) is 18.3 Å². The second-order valence-corrected chi connectivity index (χ2v) is 3.45. The fraction of sp³-hybridized carbons (Fsp3) is 0.250. The monoisotopic (exact) mass is 236 g/mol. The van der Waals surface area contributed by atoms with Crippen LogP contribution < -0.4 is 0 Å². The number of hydrogen-bond acceptors (Lipinski definition) is 4. The van der Waals surface area contributed by atoms with E-state index in [0.717, 1.165) is 0 Å². The Bertz CT molecular complexity index is 464. The van der Waals surface area contributed by atoms with Gasteiger partial charge in [-0.15, -0.1) is 0 Å². The topological polar surface area (TPSA) is 91.7 Å². The van der Waals surface area contributed by atoms with Crippen molar-refractivity contribution >= 4 is 18.0 Å². The summed E-state index contributed by atoms with van der Waals surface area (Å²) in [6.45, 7) is 1.81. The summed E-state index contributed by atoms with van der Waals surface area (Å²) >= 11 is 0. The minimum absolute atomic E-state index is 0.0609. The van der Waals surface area contributed by atoms with Gasteiger partial charge < -0.3 is 10.2 Å². The van der Waals surface area contributed by atoms with Crippen LogP contribution >= 0.6 is 0 Å². The number of aryl methyl sites for hydroxylation is 1. The quantitative estimate of drug-likeness (QED) is 0.446. The van der Waals surface area contributed by atoms with E-state index >= 15 is 0 Å². The minimum Gasteiger partial charge on any atom is -0.479 e. The van der Waals surface area contributed by atoms with Crippen LogP contribution in [0.4, 0.5) is 0 Å². The molecule has 17 heavy (non-hydrogen) atoms. The van der Waals surface area contributed by atoms with Crippen LogP contribution in [0.15, 0.2) is 18.2 Å². The second kappa shape index (κ2) is 5.36. The van der Waals surface area contributed by atoms with Crippen LogP contribution in [0.1, 0.15) is 33.2 Å². The molecule has 2 N–H and O–H groups in total. The molecule has 5 nitrogen and oxygen atoms in total. The normalized spacial score (nSPS) is 11.9. The summed E-state index contributed by atoms with van der Waals surface area (Å²) in [5, 5.41) is 17.7. The zero-order valence-electron chi connectivity index (χ0n) is 9.21. The van der Waals surface area contributed by atoms with Crippen molar-refractivity contribution in [2.75, 3.05) is 0 Å². The summed E-state index contributed by atoms with van der Waals surface area (Å²) in [7, 11) is 0. The molecule has 0 spiro atoms. The maximum absolute atomic E-state index is 11.6. The van der Waals surface area contributed by atoms with Crippen LogP contribution in [0.25, 0.3) is 0 Å². The van der Waals surface area contributed by atoms with E-state index in [1.165, 1.54) is 6.07 Å². The Labute approximate surface area is 97.7 Å². The minimum atomic E-state index is -2.14. The second-order valence-electron chi connectivity index (χ2n) is 3.45. The average Bonchev–Trinajstić information content (AvgIpc) is 2.35. The van der Waals surface area contributed by atoms with Crippen molar-refractivity contribution in [3.63, 3.8) is 0 Å². The predicted octanol–water partition coefficient (Wildman–Crippen LogP) is 0.690. The van der Waals surface area contributed by atoms with Crippen molar-refractivity contribution in [2.45, 2.75) is 19.4 Å². The summed E-state index contributed by atoms with van der Waals surface area (Å²) < 4.78 is 0. The molecular formula is C12H12O5. The van der Waals surface area contributed by atoms with Gasteiger partial charge in [-0.05, 0) is 12.0 Å². The average molecular weight is 236 g/mol. The molecular weight excluding hydrogens is 224 g/mol. The van der Waals surface area contributed by atoms with Gasteiger partial charge in [0.15, 0.2) is 6.29 Å². The largest absolute Gasteiger partial charge is 0.479 e. The summed E-state index contributed by atoms with van der Waals surface area (Å²) in [5.74, 6) is -2.61. The Hall–Kier alpha value is -2.01. The standard InChI is InChI=1S/C12H12O5/c1-2-7-4-3-5-8(9(7)6-13)10(14)11(15)12(16)17/h3-6,11,15H,2H2,1H3,(H,16,17). The van der Waals surface area contributed by atoms with Gasteiger partial charge >= 0.3 is 5.97 Å².